The fourth-order valence-corrected chi connectivity index (χ4v) is 3.93. The summed E-state index contributed by atoms with van der Waals surface area (Å²) in [6, 6.07) is 5.07. The van der Waals surface area contributed by atoms with E-state index in [0.29, 0.717) is 28.0 Å². The second-order valence-electron chi connectivity index (χ2n) is 6.96. The van der Waals surface area contributed by atoms with Crippen LogP contribution in [0.1, 0.15) is 19.4 Å². The molecular formula is C17H18ClN5O3S. The van der Waals surface area contributed by atoms with Crippen LogP contribution in [-0.2, 0) is 16.6 Å². The van der Waals surface area contributed by atoms with E-state index in [1.54, 1.807) is 0 Å². The molecule has 8 nitrogen and oxygen atoms in total. The molecule has 0 unspecified atom stereocenters. The van der Waals surface area contributed by atoms with Gasteiger partial charge in [0.25, 0.3) is 10.0 Å². The molecule has 0 atom stereocenters. The maximum absolute atomic E-state index is 12.7. The normalized spacial score (nSPS) is 12.3. The lowest BCUT2D eigenvalue weighted by Crippen LogP contribution is -2.24. The lowest BCUT2D eigenvalue weighted by Gasteiger charge is -2.20. The van der Waals surface area contributed by atoms with Gasteiger partial charge in [-0.25, -0.2) is 8.42 Å². The van der Waals surface area contributed by atoms with Crippen molar-refractivity contribution < 1.29 is 13.5 Å². The Morgan fingerprint density at radius 1 is 1.44 bits per heavy atom. The molecule has 0 spiro atoms. The highest BCUT2D eigenvalue weighted by molar-refractivity contribution is 7.92. The van der Waals surface area contributed by atoms with Crippen LogP contribution in [-0.4, -0.2) is 34.9 Å². The van der Waals surface area contributed by atoms with Crippen LogP contribution >= 0.6 is 11.6 Å². The second kappa shape index (κ2) is 6.88. The molecule has 2 aromatic heterocycles. The number of halogens is 1. The Bertz CT molecular complexity index is 1140. The molecule has 0 aliphatic rings. The zero-order valence-electron chi connectivity index (χ0n) is 14.7. The number of aromatic nitrogens is 3. The largest absolute Gasteiger partial charge is 0.396 e. The van der Waals surface area contributed by atoms with Gasteiger partial charge in [0.05, 0.1) is 28.0 Å². The molecule has 0 fully saturated rings. The van der Waals surface area contributed by atoms with E-state index in [1.807, 2.05) is 19.9 Å². The number of aromatic amines is 1. The summed E-state index contributed by atoms with van der Waals surface area (Å²) in [5.74, 6) is 0. The molecule has 0 aliphatic heterocycles. The standard InChI is InChI=1S/C17H18ClN5O3S/c1-17(2,10-24)9-23-8-12(7-21-23)27(25,26)22-14-4-3-13(18)15-11(5-19)6-20-16(14)15/h3-4,6-8,20,22,24H,9-10H2,1-2H3. The van der Waals surface area contributed by atoms with Crippen LogP contribution in [0.2, 0.25) is 5.02 Å². The Balaban J connectivity index is 1.93. The fourth-order valence-electron chi connectivity index (χ4n) is 2.64. The van der Waals surface area contributed by atoms with Gasteiger partial charge in [-0.2, -0.15) is 10.4 Å². The maximum Gasteiger partial charge on any atom is 0.265 e. The second-order valence-corrected chi connectivity index (χ2v) is 9.05. The third-order valence-electron chi connectivity index (χ3n) is 4.09. The van der Waals surface area contributed by atoms with Gasteiger partial charge in [0.2, 0.25) is 0 Å². The first-order chi connectivity index (χ1) is 12.7. The summed E-state index contributed by atoms with van der Waals surface area (Å²) in [5.41, 5.74) is 0.603. The molecule has 2 heterocycles. The van der Waals surface area contributed by atoms with Gasteiger partial charge in [-0.15, -0.1) is 0 Å². The number of nitriles is 1. The lowest BCUT2D eigenvalue weighted by molar-refractivity contribution is 0.136. The highest BCUT2D eigenvalue weighted by Gasteiger charge is 2.22. The molecule has 0 saturated carbocycles. The summed E-state index contributed by atoms with van der Waals surface area (Å²) in [7, 11) is -3.90. The number of benzene rings is 1. The minimum absolute atomic E-state index is 0.00796. The Kier molecular flexibility index (Phi) is 4.90. The first-order valence-corrected chi connectivity index (χ1v) is 9.89. The predicted octanol–water partition coefficient (Wildman–Crippen LogP) is 2.71. The molecule has 3 N–H and O–H groups in total. The number of anilines is 1. The number of hydrogen-bond donors (Lipinski definition) is 3. The number of nitrogens with zero attached hydrogens (tertiary/aromatic N) is 3. The quantitative estimate of drug-likeness (QED) is 0.579. The number of H-pyrrole nitrogens is 1. The summed E-state index contributed by atoms with van der Waals surface area (Å²) >= 11 is 6.14. The molecule has 10 heteroatoms. The van der Waals surface area contributed by atoms with Crippen LogP contribution in [0.3, 0.4) is 0 Å². The highest BCUT2D eigenvalue weighted by Crippen LogP contribution is 2.32. The number of sulfonamides is 1. The van der Waals surface area contributed by atoms with Crippen molar-refractivity contribution in [1.82, 2.24) is 14.8 Å². The number of rotatable bonds is 6. The van der Waals surface area contributed by atoms with E-state index in [-0.39, 0.29) is 17.2 Å². The summed E-state index contributed by atoms with van der Waals surface area (Å²) in [6.07, 6.45) is 4.13. The van der Waals surface area contributed by atoms with E-state index in [4.69, 9.17) is 11.6 Å². The van der Waals surface area contributed by atoms with Crippen molar-refractivity contribution in [2.45, 2.75) is 25.3 Å². The van der Waals surface area contributed by atoms with Crippen LogP contribution in [0.15, 0.2) is 35.6 Å². The van der Waals surface area contributed by atoms with Gasteiger partial charge in [-0.1, -0.05) is 25.4 Å². The maximum atomic E-state index is 12.7. The van der Waals surface area contributed by atoms with E-state index < -0.39 is 15.4 Å². The van der Waals surface area contributed by atoms with Crippen LogP contribution in [0.4, 0.5) is 5.69 Å². The van der Waals surface area contributed by atoms with Crippen molar-refractivity contribution in [3.8, 4) is 6.07 Å². The smallest absolute Gasteiger partial charge is 0.265 e. The first-order valence-electron chi connectivity index (χ1n) is 8.03. The van der Waals surface area contributed by atoms with E-state index in [9.17, 15) is 18.8 Å². The van der Waals surface area contributed by atoms with Crippen molar-refractivity contribution in [2.24, 2.45) is 5.41 Å². The monoisotopic (exact) mass is 407 g/mol. The first kappa shape index (κ1) is 19.2. The van der Waals surface area contributed by atoms with Gasteiger partial charge < -0.3 is 10.1 Å². The Morgan fingerprint density at radius 2 is 2.19 bits per heavy atom. The summed E-state index contributed by atoms with van der Waals surface area (Å²) in [6.45, 7) is 4.02. The zero-order valence-corrected chi connectivity index (χ0v) is 16.3. The molecule has 142 valence electrons. The minimum atomic E-state index is -3.90. The average molecular weight is 408 g/mol. The topological polar surface area (TPSA) is 124 Å². The van der Waals surface area contributed by atoms with Crippen LogP contribution in [0.5, 0.6) is 0 Å². The SMILES string of the molecule is CC(C)(CO)Cn1cc(S(=O)(=O)Nc2ccc(Cl)c3c(C#N)c[nH]c23)cn1. The van der Waals surface area contributed by atoms with E-state index in [2.05, 4.69) is 14.8 Å². The molecule has 0 amide bonds. The van der Waals surface area contributed by atoms with Gasteiger partial charge in [-0.3, -0.25) is 9.40 Å². The van der Waals surface area contributed by atoms with Gasteiger partial charge in [0.15, 0.2) is 0 Å². The molecule has 27 heavy (non-hydrogen) atoms. The minimum Gasteiger partial charge on any atom is -0.396 e. The predicted molar refractivity (Wildman–Crippen MR) is 102 cm³/mol. The molecule has 0 aliphatic carbocycles. The van der Waals surface area contributed by atoms with E-state index >= 15 is 0 Å². The van der Waals surface area contributed by atoms with Crippen molar-refractivity contribution in [2.75, 3.05) is 11.3 Å². The third kappa shape index (κ3) is 3.78. The molecular weight excluding hydrogens is 390 g/mol. The zero-order chi connectivity index (χ0) is 19.8. The summed E-state index contributed by atoms with van der Waals surface area (Å²) in [4.78, 5) is 2.88. The van der Waals surface area contributed by atoms with Crippen molar-refractivity contribution in [3.05, 3.63) is 41.3 Å². The average Bonchev–Trinajstić information content (AvgIpc) is 3.24. The van der Waals surface area contributed by atoms with Crippen molar-refractivity contribution >= 4 is 38.2 Å². The molecule has 0 saturated heterocycles. The number of hydrogen-bond acceptors (Lipinski definition) is 5. The third-order valence-corrected chi connectivity index (χ3v) is 5.72. The number of fused-ring (bicyclic) bond motifs is 1. The van der Waals surface area contributed by atoms with Gasteiger partial charge >= 0.3 is 0 Å². The Labute approximate surface area is 161 Å². The molecule has 3 aromatic rings. The van der Waals surface area contributed by atoms with Crippen LogP contribution in [0, 0.1) is 16.7 Å². The van der Waals surface area contributed by atoms with Crippen LogP contribution < -0.4 is 4.72 Å². The molecule has 0 bridgehead atoms. The summed E-state index contributed by atoms with van der Waals surface area (Å²) < 4.78 is 29.4. The van der Waals surface area contributed by atoms with Crippen molar-refractivity contribution in [3.63, 3.8) is 0 Å². The molecule has 3 rings (SSSR count). The molecule has 1 aromatic carbocycles. The highest BCUT2D eigenvalue weighted by atomic mass is 35.5. The van der Waals surface area contributed by atoms with Crippen molar-refractivity contribution in [1.29, 1.82) is 5.26 Å². The number of nitrogens with one attached hydrogen (secondary N) is 2. The lowest BCUT2D eigenvalue weighted by atomic mass is 9.95. The van der Waals surface area contributed by atoms with Crippen LogP contribution in [0.25, 0.3) is 10.9 Å². The Hall–Kier alpha value is -2.54. The van der Waals surface area contributed by atoms with E-state index in [1.165, 1.54) is 35.4 Å². The van der Waals surface area contributed by atoms with Gasteiger partial charge in [0.1, 0.15) is 11.0 Å². The fraction of sp³-hybridized carbons (Fsp3) is 0.294. The molecule has 0 radical (unpaired) electrons. The van der Waals surface area contributed by atoms with E-state index in [0.717, 1.165) is 0 Å². The Morgan fingerprint density at radius 3 is 2.85 bits per heavy atom. The van der Waals surface area contributed by atoms with Gasteiger partial charge in [-0.05, 0) is 12.1 Å². The number of aliphatic hydroxyl groups excluding tert-OH is 1. The summed E-state index contributed by atoms with van der Waals surface area (Å²) in [5, 5.41) is 23.4. The van der Waals surface area contributed by atoms with Gasteiger partial charge in [0, 0.05) is 36.3 Å². The number of aliphatic hydroxyl groups is 1.